The van der Waals surface area contributed by atoms with Crippen molar-refractivity contribution in [3.8, 4) is 0 Å². The summed E-state index contributed by atoms with van der Waals surface area (Å²) in [4.78, 5) is 44.4. The number of hydrogen-bond donors (Lipinski definition) is 1. The minimum absolute atomic E-state index is 0.00332. The van der Waals surface area contributed by atoms with E-state index in [4.69, 9.17) is 11.6 Å². The normalized spacial score (nSPS) is 16.0. The van der Waals surface area contributed by atoms with E-state index in [0.717, 1.165) is 34.8 Å². The number of halogens is 1. The predicted octanol–water partition coefficient (Wildman–Crippen LogP) is 4.70. The molecule has 8 heteroatoms. The number of imide groups is 1. The van der Waals surface area contributed by atoms with Gasteiger partial charge in [0.2, 0.25) is 0 Å². The number of piperazine rings is 1. The molecule has 0 radical (unpaired) electrons. The molecule has 0 spiro atoms. The van der Waals surface area contributed by atoms with Crippen molar-refractivity contribution in [3.63, 3.8) is 0 Å². The number of carbonyl (C=O) groups is 3. The smallest absolute Gasteiger partial charge is 0.283 e. The molecule has 1 saturated heterocycles. The lowest BCUT2D eigenvalue weighted by molar-refractivity contribution is -0.120. The Morgan fingerprint density at radius 1 is 0.811 bits per heavy atom. The lowest BCUT2D eigenvalue weighted by atomic mass is 10.1. The molecule has 188 valence electrons. The van der Waals surface area contributed by atoms with Crippen molar-refractivity contribution in [2.45, 2.75) is 13.8 Å². The van der Waals surface area contributed by atoms with E-state index in [1.165, 1.54) is 0 Å². The van der Waals surface area contributed by atoms with Gasteiger partial charge >= 0.3 is 0 Å². The summed E-state index contributed by atoms with van der Waals surface area (Å²) >= 11 is 6.32. The van der Waals surface area contributed by atoms with Gasteiger partial charge in [0.25, 0.3) is 17.7 Å². The van der Waals surface area contributed by atoms with Crippen LogP contribution in [0.1, 0.15) is 21.5 Å². The Kier molecular flexibility index (Phi) is 6.72. The number of benzene rings is 3. The second-order valence-electron chi connectivity index (χ2n) is 9.24. The maximum absolute atomic E-state index is 13.3. The molecule has 0 atom stereocenters. The van der Waals surface area contributed by atoms with E-state index >= 15 is 0 Å². The molecule has 7 nitrogen and oxygen atoms in total. The Bertz CT molecular complexity index is 1390. The van der Waals surface area contributed by atoms with Gasteiger partial charge in [0, 0.05) is 43.1 Å². The molecule has 0 bridgehead atoms. The van der Waals surface area contributed by atoms with E-state index in [1.807, 2.05) is 55.1 Å². The third kappa shape index (κ3) is 4.82. The maximum atomic E-state index is 13.3. The van der Waals surface area contributed by atoms with Crippen LogP contribution >= 0.6 is 11.6 Å². The summed E-state index contributed by atoms with van der Waals surface area (Å²) in [6, 6.07) is 22.6. The van der Waals surface area contributed by atoms with Gasteiger partial charge in [-0.25, -0.2) is 4.90 Å². The van der Waals surface area contributed by atoms with Crippen molar-refractivity contribution in [1.82, 2.24) is 4.90 Å². The van der Waals surface area contributed by atoms with Crippen LogP contribution in [0.3, 0.4) is 0 Å². The first kappa shape index (κ1) is 24.6. The number of amides is 3. The second-order valence-corrected chi connectivity index (χ2v) is 9.62. The SMILES string of the molecule is Cc1ccc(N2C(=O)C(Cl)=C(Nc3cc(C(=O)N4CCN(c5ccccc5)CC4)ccc3C)C2=O)cc1. The zero-order chi connectivity index (χ0) is 26.1. The Morgan fingerprint density at radius 3 is 2.16 bits per heavy atom. The molecule has 3 aromatic carbocycles. The molecule has 5 rings (SSSR count). The molecule has 0 saturated carbocycles. The first-order chi connectivity index (χ1) is 17.8. The molecule has 2 aliphatic heterocycles. The van der Waals surface area contributed by atoms with E-state index in [1.54, 1.807) is 24.3 Å². The average molecular weight is 515 g/mol. The maximum Gasteiger partial charge on any atom is 0.283 e. The van der Waals surface area contributed by atoms with Crippen LogP contribution in [-0.2, 0) is 9.59 Å². The van der Waals surface area contributed by atoms with E-state index in [0.29, 0.717) is 30.0 Å². The minimum atomic E-state index is -0.584. The molecule has 0 aromatic heterocycles. The average Bonchev–Trinajstić information content (AvgIpc) is 3.13. The number of carbonyl (C=O) groups excluding carboxylic acids is 3. The second kappa shape index (κ2) is 10.1. The number of para-hydroxylation sites is 1. The van der Waals surface area contributed by atoms with Crippen LogP contribution in [-0.4, -0.2) is 48.8 Å². The molecule has 3 amide bonds. The molecule has 37 heavy (non-hydrogen) atoms. The zero-order valence-electron chi connectivity index (χ0n) is 20.7. The third-order valence-electron chi connectivity index (χ3n) is 6.75. The zero-order valence-corrected chi connectivity index (χ0v) is 21.5. The largest absolute Gasteiger partial charge is 0.368 e. The summed E-state index contributed by atoms with van der Waals surface area (Å²) in [6.07, 6.45) is 0. The fourth-order valence-corrected chi connectivity index (χ4v) is 4.77. The fourth-order valence-electron chi connectivity index (χ4n) is 4.55. The highest BCUT2D eigenvalue weighted by Crippen LogP contribution is 2.31. The van der Waals surface area contributed by atoms with Gasteiger partial charge in [-0.15, -0.1) is 0 Å². The Hall–Kier alpha value is -4.10. The molecular weight excluding hydrogens is 488 g/mol. The molecule has 2 aliphatic rings. The summed E-state index contributed by atoms with van der Waals surface area (Å²) < 4.78 is 0. The van der Waals surface area contributed by atoms with Crippen LogP contribution in [0.4, 0.5) is 17.1 Å². The van der Waals surface area contributed by atoms with Crippen LogP contribution < -0.4 is 15.1 Å². The Balaban J connectivity index is 1.31. The fraction of sp³-hybridized carbons (Fsp3) is 0.207. The number of rotatable bonds is 5. The van der Waals surface area contributed by atoms with E-state index < -0.39 is 11.8 Å². The Labute approximate surface area is 220 Å². The van der Waals surface area contributed by atoms with Gasteiger partial charge in [0.1, 0.15) is 10.7 Å². The number of nitrogens with one attached hydrogen (secondary N) is 1. The molecule has 0 unspecified atom stereocenters. The van der Waals surface area contributed by atoms with Crippen molar-refractivity contribution in [3.05, 3.63) is 100 Å². The first-order valence-electron chi connectivity index (χ1n) is 12.2. The number of anilines is 3. The summed E-state index contributed by atoms with van der Waals surface area (Å²) in [5.74, 6) is -1.20. The Morgan fingerprint density at radius 2 is 1.49 bits per heavy atom. The number of hydrogen-bond acceptors (Lipinski definition) is 5. The summed E-state index contributed by atoms with van der Waals surface area (Å²) in [5.41, 5.74) is 4.48. The molecule has 1 N–H and O–H groups in total. The molecule has 0 aliphatic carbocycles. The molecular formula is C29H27ClN4O3. The molecule has 3 aromatic rings. The van der Waals surface area contributed by atoms with Crippen molar-refractivity contribution in [1.29, 1.82) is 0 Å². The quantitative estimate of drug-likeness (QED) is 0.500. The van der Waals surface area contributed by atoms with Gasteiger partial charge in [0.15, 0.2) is 0 Å². The highest BCUT2D eigenvalue weighted by Gasteiger charge is 2.39. The van der Waals surface area contributed by atoms with Crippen LogP contribution in [0.5, 0.6) is 0 Å². The number of aryl methyl sites for hydroxylation is 2. The predicted molar refractivity (Wildman–Crippen MR) is 146 cm³/mol. The van der Waals surface area contributed by atoms with Crippen LogP contribution in [0.2, 0.25) is 0 Å². The topological polar surface area (TPSA) is 73.0 Å². The van der Waals surface area contributed by atoms with Gasteiger partial charge in [0.05, 0.1) is 5.69 Å². The molecule has 1 fully saturated rings. The van der Waals surface area contributed by atoms with Gasteiger partial charge in [-0.1, -0.05) is 53.6 Å². The van der Waals surface area contributed by atoms with Gasteiger partial charge in [-0.05, 0) is 55.8 Å². The van der Waals surface area contributed by atoms with Crippen LogP contribution in [0.25, 0.3) is 0 Å². The first-order valence-corrected chi connectivity index (χ1v) is 12.5. The highest BCUT2D eigenvalue weighted by molar-refractivity contribution is 6.53. The van der Waals surface area contributed by atoms with Crippen molar-refractivity contribution < 1.29 is 14.4 Å². The monoisotopic (exact) mass is 514 g/mol. The van der Waals surface area contributed by atoms with Crippen LogP contribution in [0, 0.1) is 13.8 Å². The van der Waals surface area contributed by atoms with Crippen molar-refractivity contribution in [2.75, 3.05) is 41.3 Å². The van der Waals surface area contributed by atoms with Crippen molar-refractivity contribution in [2.24, 2.45) is 0 Å². The van der Waals surface area contributed by atoms with E-state index in [2.05, 4.69) is 22.3 Å². The van der Waals surface area contributed by atoms with Gasteiger partial charge < -0.3 is 15.1 Å². The van der Waals surface area contributed by atoms with Crippen molar-refractivity contribution >= 4 is 46.4 Å². The number of nitrogens with zero attached hydrogens (tertiary/aromatic N) is 3. The standard InChI is InChI=1S/C29H27ClN4O3/c1-19-8-12-23(13-9-19)34-28(36)25(30)26(29(34)37)31-24-18-21(11-10-20(24)2)27(35)33-16-14-32(15-17-33)22-6-4-3-5-7-22/h3-13,18,31H,14-17H2,1-2H3. The summed E-state index contributed by atoms with van der Waals surface area (Å²) in [7, 11) is 0. The van der Waals surface area contributed by atoms with Gasteiger partial charge in [-0.3, -0.25) is 14.4 Å². The third-order valence-corrected chi connectivity index (χ3v) is 7.10. The van der Waals surface area contributed by atoms with Crippen LogP contribution in [0.15, 0.2) is 83.5 Å². The highest BCUT2D eigenvalue weighted by atomic mass is 35.5. The van der Waals surface area contributed by atoms with E-state index in [9.17, 15) is 14.4 Å². The lowest BCUT2D eigenvalue weighted by Crippen LogP contribution is -2.48. The van der Waals surface area contributed by atoms with E-state index in [-0.39, 0.29) is 16.6 Å². The summed E-state index contributed by atoms with van der Waals surface area (Å²) in [6.45, 7) is 6.51. The minimum Gasteiger partial charge on any atom is -0.368 e. The molecule has 2 heterocycles. The lowest BCUT2D eigenvalue weighted by Gasteiger charge is -2.36. The van der Waals surface area contributed by atoms with Gasteiger partial charge in [-0.2, -0.15) is 0 Å². The summed E-state index contributed by atoms with van der Waals surface area (Å²) in [5, 5.41) is 2.85.